The molecule has 6 N–H and O–H groups in total. The Kier molecular flexibility index (Phi) is 11.0. The number of rotatable bonds is 8. The second-order valence-corrected chi connectivity index (χ2v) is 16.9. The van der Waals surface area contributed by atoms with Crippen LogP contribution in [0.1, 0.15) is 64.2 Å². The predicted molar refractivity (Wildman–Crippen MR) is 216 cm³/mol. The molecular weight excluding hydrogens is 819 g/mol. The normalized spacial score (nSPS) is 25.5. The van der Waals surface area contributed by atoms with Crippen molar-refractivity contribution in [3.05, 3.63) is 84.0 Å². The molecule has 18 heteroatoms. The summed E-state index contributed by atoms with van der Waals surface area (Å²) in [6, 6.07) is 2.89. The number of nitrogens with one attached hydrogen (secondary N) is 4. The van der Waals surface area contributed by atoms with E-state index >= 15 is 0 Å². The first-order chi connectivity index (χ1) is 29.8. The van der Waals surface area contributed by atoms with Gasteiger partial charge >= 0.3 is 11.9 Å². The lowest BCUT2D eigenvalue weighted by Gasteiger charge is -2.39. The zero-order valence-electron chi connectivity index (χ0n) is 33.1. The molecule has 4 bridgehead atoms. The Morgan fingerprint density at radius 1 is 0.548 bits per heavy atom. The molecule has 12 nitrogen and oxygen atoms in total. The third-order valence-corrected chi connectivity index (χ3v) is 13.5. The molecule has 6 fully saturated rings. The molecule has 6 aromatic heterocycles. The summed E-state index contributed by atoms with van der Waals surface area (Å²) in [7, 11) is 0. The minimum Gasteiger partial charge on any atom is -0.481 e. The number of aliphatic carboxylic acids is 2. The van der Waals surface area contributed by atoms with E-state index in [1.54, 1.807) is 0 Å². The fourth-order valence-corrected chi connectivity index (χ4v) is 10.6. The summed E-state index contributed by atoms with van der Waals surface area (Å²) in [5.41, 5.74) is 0.882. The fraction of sp³-hybridized carbons (Fsp3) is 0.409. The monoisotopic (exact) mass is 860 g/mol. The lowest BCUT2D eigenvalue weighted by Crippen LogP contribution is -2.46. The molecule has 0 aromatic carbocycles. The molecule has 12 rings (SSSR count). The smallest absolute Gasteiger partial charge is 0.308 e. The van der Waals surface area contributed by atoms with E-state index in [1.807, 2.05) is 0 Å². The summed E-state index contributed by atoms with van der Waals surface area (Å²) in [5.74, 6) is -8.05. The van der Waals surface area contributed by atoms with Gasteiger partial charge in [-0.3, -0.25) is 9.59 Å². The third kappa shape index (κ3) is 7.67. The highest BCUT2D eigenvalue weighted by Crippen LogP contribution is 2.46. The maximum atomic E-state index is 14.7. The number of hydrogen-bond acceptors (Lipinski definition) is 8. The van der Waals surface area contributed by atoms with Crippen molar-refractivity contribution < 1.29 is 46.1 Å². The second-order valence-electron chi connectivity index (χ2n) is 16.9. The fourth-order valence-electron chi connectivity index (χ4n) is 10.6. The van der Waals surface area contributed by atoms with E-state index in [-0.39, 0.29) is 57.8 Å². The van der Waals surface area contributed by atoms with Gasteiger partial charge in [0.15, 0.2) is 34.9 Å². The minimum absolute atomic E-state index is 0.0272. The summed E-state index contributed by atoms with van der Waals surface area (Å²) >= 11 is 0. The van der Waals surface area contributed by atoms with E-state index in [2.05, 4.69) is 40.5 Å². The van der Waals surface area contributed by atoms with Crippen LogP contribution < -0.4 is 10.6 Å². The highest BCUT2D eigenvalue weighted by molar-refractivity contribution is 5.93. The van der Waals surface area contributed by atoms with Crippen molar-refractivity contribution >= 4 is 45.6 Å². The Hall–Kier alpha value is -6.20. The topological polar surface area (TPSA) is 182 Å². The Balaban J connectivity index is 0.000000158. The number of hydrogen-bond donors (Lipinski definition) is 6. The third-order valence-electron chi connectivity index (χ3n) is 13.5. The quantitative estimate of drug-likeness (QED) is 0.0807. The second kappa shape index (κ2) is 16.6. The van der Waals surface area contributed by atoms with Crippen molar-refractivity contribution in [2.24, 2.45) is 35.5 Å². The van der Waals surface area contributed by atoms with Crippen LogP contribution in [0.4, 0.5) is 38.0 Å². The van der Waals surface area contributed by atoms with Crippen LogP contribution in [0.25, 0.3) is 44.6 Å². The molecule has 0 spiro atoms. The summed E-state index contributed by atoms with van der Waals surface area (Å²) in [5, 5.41) is 26.3. The number of H-pyrrole nitrogens is 2. The Morgan fingerprint density at radius 2 is 0.935 bits per heavy atom. The largest absolute Gasteiger partial charge is 0.481 e. The Bertz CT molecular complexity index is 2500. The molecule has 0 unspecified atom stereocenters. The van der Waals surface area contributed by atoms with Gasteiger partial charge in [-0.25, -0.2) is 46.3 Å². The van der Waals surface area contributed by atoms with Gasteiger partial charge < -0.3 is 30.8 Å². The maximum absolute atomic E-state index is 14.7. The van der Waals surface area contributed by atoms with Gasteiger partial charge in [0.25, 0.3) is 0 Å². The lowest BCUT2D eigenvalue weighted by atomic mass is 9.71. The Morgan fingerprint density at radius 3 is 1.34 bits per heavy atom. The van der Waals surface area contributed by atoms with Crippen LogP contribution in [0, 0.1) is 70.4 Å². The summed E-state index contributed by atoms with van der Waals surface area (Å²) in [4.78, 5) is 45.9. The molecule has 0 aliphatic heterocycles. The van der Waals surface area contributed by atoms with E-state index in [0.29, 0.717) is 22.1 Å². The summed E-state index contributed by atoms with van der Waals surface area (Å²) in [6.45, 7) is 0. The van der Waals surface area contributed by atoms with E-state index in [0.717, 1.165) is 88.7 Å². The molecule has 6 aliphatic carbocycles. The number of carboxylic acids is 2. The molecular formula is C44H42F6N8O4. The average Bonchev–Trinajstić information content (AvgIpc) is 3.48. The highest BCUT2D eigenvalue weighted by atomic mass is 19.2. The lowest BCUT2D eigenvalue weighted by molar-refractivity contribution is -0.146. The first-order valence-electron chi connectivity index (χ1n) is 20.8. The van der Waals surface area contributed by atoms with Gasteiger partial charge in [0.1, 0.15) is 34.3 Å². The van der Waals surface area contributed by atoms with Crippen LogP contribution in [0.5, 0.6) is 0 Å². The number of pyridine rings is 4. The van der Waals surface area contributed by atoms with Gasteiger partial charge in [0, 0.05) is 58.5 Å². The first-order valence-corrected chi connectivity index (χ1v) is 20.8. The van der Waals surface area contributed by atoms with Crippen molar-refractivity contribution in [2.45, 2.75) is 76.3 Å². The van der Waals surface area contributed by atoms with Crippen molar-refractivity contribution in [3.63, 3.8) is 0 Å². The standard InChI is InChI=1S/2C22H21F3N4O2/c2*23-12-6-13-14(9-27-20(13)26-8-12)19-15(24)7-16(25)21(29-19)28-18-11-3-1-2-10(4-5-11)17(18)22(30)31/h2*6-11,17-18H,1-5H2,(H,26,27)(H,28,29)(H,30,31)/t10-,11-,17+,18+;10-,11-,17-,18-/m00/s1. The number of aromatic amines is 2. The molecule has 6 aromatic rings. The number of nitrogens with zero attached hydrogens (tertiary/aromatic N) is 4. The van der Waals surface area contributed by atoms with E-state index in [4.69, 9.17) is 0 Å². The van der Waals surface area contributed by atoms with Crippen molar-refractivity contribution in [3.8, 4) is 22.5 Å². The van der Waals surface area contributed by atoms with Crippen LogP contribution in [0.2, 0.25) is 0 Å². The van der Waals surface area contributed by atoms with E-state index in [9.17, 15) is 46.1 Å². The van der Waals surface area contributed by atoms with Gasteiger partial charge in [-0.05, 0) is 87.2 Å². The minimum atomic E-state index is -0.907. The predicted octanol–water partition coefficient (Wildman–Crippen LogP) is 9.47. The number of carboxylic acid groups (broad SMARTS) is 2. The highest BCUT2D eigenvalue weighted by Gasteiger charge is 2.47. The van der Waals surface area contributed by atoms with E-state index in [1.165, 1.54) is 24.5 Å². The van der Waals surface area contributed by atoms with Crippen LogP contribution in [0.15, 0.2) is 49.1 Å². The van der Waals surface area contributed by atoms with E-state index < -0.39 is 70.8 Å². The zero-order valence-corrected chi connectivity index (χ0v) is 33.1. The number of anilines is 2. The molecule has 324 valence electrons. The van der Waals surface area contributed by atoms with Crippen LogP contribution in [0.3, 0.4) is 0 Å². The first kappa shape index (κ1) is 41.2. The van der Waals surface area contributed by atoms with Gasteiger partial charge in [-0.15, -0.1) is 0 Å². The molecule has 0 amide bonds. The zero-order chi connectivity index (χ0) is 43.4. The molecule has 62 heavy (non-hydrogen) atoms. The van der Waals surface area contributed by atoms with Crippen LogP contribution in [-0.4, -0.2) is 64.1 Å². The maximum Gasteiger partial charge on any atom is 0.308 e. The molecule has 6 aliphatic rings. The number of halogens is 6. The molecule has 0 radical (unpaired) electrons. The molecule has 6 heterocycles. The summed E-state index contributed by atoms with van der Waals surface area (Å²) in [6.07, 6.45) is 13.7. The number of carbonyl (C=O) groups is 2. The van der Waals surface area contributed by atoms with Crippen molar-refractivity contribution in [1.29, 1.82) is 0 Å². The number of aromatic nitrogens is 6. The average molecular weight is 861 g/mol. The van der Waals surface area contributed by atoms with Crippen LogP contribution >= 0.6 is 0 Å². The van der Waals surface area contributed by atoms with Gasteiger partial charge in [0.05, 0.1) is 24.2 Å². The molecule has 0 saturated heterocycles. The van der Waals surface area contributed by atoms with Crippen molar-refractivity contribution in [1.82, 2.24) is 29.9 Å². The van der Waals surface area contributed by atoms with Gasteiger partial charge in [0.2, 0.25) is 0 Å². The number of fused-ring (bicyclic) bond motifs is 10. The van der Waals surface area contributed by atoms with Crippen molar-refractivity contribution in [2.75, 3.05) is 10.6 Å². The van der Waals surface area contributed by atoms with Gasteiger partial charge in [-0.2, -0.15) is 0 Å². The van der Waals surface area contributed by atoms with Crippen LogP contribution in [-0.2, 0) is 9.59 Å². The molecule has 6 saturated carbocycles. The SMILES string of the molecule is O=C(O)[C@@H]1[C@H]2CCC[C@@H](CC2)[C@H]1Nc1nc(-c2c[nH]c3ncc(F)cc23)c(F)cc1F.O=C(O)[C@H]1[C@H]2CCC[C@@H](CC2)[C@@H]1Nc1nc(-c2c[nH]c3ncc(F)cc23)c(F)cc1F. The summed E-state index contributed by atoms with van der Waals surface area (Å²) < 4.78 is 86.1. The van der Waals surface area contributed by atoms with Gasteiger partial charge in [-0.1, -0.05) is 12.8 Å². The molecule has 8 atom stereocenters. The Labute approximate surface area is 350 Å².